The lowest BCUT2D eigenvalue weighted by molar-refractivity contribution is 0.0329. The maximum absolute atomic E-state index is 2.68. The van der Waals surface area contributed by atoms with Gasteiger partial charge in [-0.2, -0.15) is 0 Å². The maximum atomic E-state index is 2.68. The average molecular weight is 407 g/mol. The first-order chi connectivity index (χ1) is 14.7. The van der Waals surface area contributed by atoms with Crippen molar-refractivity contribution in [2.75, 3.05) is 0 Å². The highest BCUT2D eigenvalue weighted by atomic mass is 14.6. The molecule has 0 N–H and O–H groups in total. The Labute approximate surface area is 186 Å². The van der Waals surface area contributed by atoms with Crippen LogP contribution in [0.2, 0.25) is 0 Å². The molecule has 4 saturated carbocycles. The molecule has 4 fully saturated rings. The van der Waals surface area contributed by atoms with Crippen molar-refractivity contribution in [2.45, 2.75) is 91.4 Å². The largest absolute Gasteiger partial charge is 0.0654 e. The SMILES string of the molecule is CCCCCCC1CC2CC1C(C1C3CC(CCc4ccccc4)C(C3)C1C)C2C. The molecule has 1 aromatic rings. The van der Waals surface area contributed by atoms with Gasteiger partial charge in [-0.25, -0.2) is 0 Å². The number of aryl methyl sites for hydroxylation is 1. The highest BCUT2D eigenvalue weighted by Crippen LogP contribution is 2.66. The Morgan fingerprint density at radius 3 is 2.17 bits per heavy atom. The van der Waals surface area contributed by atoms with Crippen molar-refractivity contribution in [3.8, 4) is 0 Å². The molecule has 0 nitrogen and oxygen atoms in total. The number of hydrogen-bond donors (Lipinski definition) is 0. The molecule has 0 aliphatic heterocycles. The van der Waals surface area contributed by atoms with E-state index in [1.54, 1.807) is 37.7 Å². The molecule has 1 aromatic carbocycles. The van der Waals surface area contributed by atoms with Crippen molar-refractivity contribution >= 4 is 0 Å². The maximum Gasteiger partial charge on any atom is -0.0276 e. The van der Waals surface area contributed by atoms with E-state index in [0.29, 0.717) is 0 Å². The number of hydrogen-bond acceptors (Lipinski definition) is 0. The number of fused-ring (bicyclic) bond motifs is 4. The van der Waals surface area contributed by atoms with Crippen LogP contribution in [-0.4, -0.2) is 0 Å². The summed E-state index contributed by atoms with van der Waals surface area (Å²) in [5.41, 5.74) is 1.55. The van der Waals surface area contributed by atoms with E-state index in [2.05, 4.69) is 51.1 Å². The summed E-state index contributed by atoms with van der Waals surface area (Å²) >= 11 is 0. The fourth-order valence-electron chi connectivity index (χ4n) is 9.48. The molecular weight excluding hydrogens is 360 g/mol. The van der Waals surface area contributed by atoms with Gasteiger partial charge in [-0.3, -0.25) is 0 Å². The first kappa shape index (κ1) is 21.1. The van der Waals surface area contributed by atoms with Gasteiger partial charge in [-0.05, 0) is 103 Å². The van der Waals surface area contributed by atoms with E-state index in [0.717, 1.165) is 59.2 Å². The van der Waals surface area contributed by atoms with Gasteiger partial charge in [-0.1, -0.05) is 83.2 Å². The summed E-state index contributed by atoms with van der Waals surface area (Å²) in [4.78, 5) is 0. The fraction of sp³-hybridized carbons (Fsp3) is 0.800. The zero-order valence-electron chi connectivity index (χ0n) is 19.9. The quantitative estimate of drug-likeness (QED) is 0.361. The molecule has 5 rings (SSSR count). The Balaban J connectivity index is 1.20. The van der Waals surface area contributed by atoms with Crippen molar-refractivity contribution in [2.24, 2.45) is 59.2 Å². The predicted molar refractivity (Wildman–Crippen MR) is 128 cm³/mol. The van der Waals surface area contributed by atoms with Crippen LogP contribution in [0.1, 0.15) is 90.5 Å². The van der Waals surface area contributed by atoms with E-state index in [-0.39, 0.29) is 0 Å². The fourth-order valence-corrected chi connectivity index (χ4v) is 9.48. The van der Waals surface area contributed by atoms with Crippen molar-refractivity contribution in [3.63, 3.8) is 0 Å². The second kappa shape index (κ2) is 8.99. The summed E-state index contributed by atoms with van der Waals surface area (Å²) in [6.45, 7) is 7.69. The minimum atomic E-state index is 0.997. The third-order valence-electron chi connectivity index (χ3n) is 10.8. The van der Waals surface area contributed by atoms with Gasteiger partial charge in [0.05, 0.1) is 0 Å². The van der Waals surface area contributed by atoms with Gasteiger partial charge in [0, 0.05) is 0 Å². The summed E-state index contributed by atoms with van der Waals surface area (Å²) in [5, 5.41) is 0. The van der Waals surface area contributed by atoms with Crippen LogP contribution >= 0.6 is 0 Å². The molecule has 30 heavy (non-hydrogen) atoms. The van der Waals surface area contributed by atoms with Crippen LogP contribution in [0.4, 0.5) is 0 Å². The number of rotatable bonds is 9. The highest BCUT2D eigenvalue weighted by Gasteiger charge is 2.59. The Morgan fingerprint density at radius 2 is 1.43 bits per heavy atom. The van der Waals surface area contributed by atoms with Crippen LogP contribution in [0, 0.1) is 59.2 Å². The smallest absolute Gasteiger partial charge is 0.0276 e. The van der Waals surface area contributed by atoms with Crippen LogP contribution in [-0.2, 0) is 6.42 Å². The molecule has 0 amide bonds. The van der Waals surface area contributed by atoms with Gasteiger partial charge in [0.1, 0.15) is 0 Å². The van der Waals surface area contributed by atoms with E-state index < -0.39 is 0 Å². The minimum Gasteiger partial charge on any atom is -0.0654 e. The zero-order chi connectivity index (χ0) is 20.7. The molecule has 0 spiro atoms. The number of benzene rings is 1. The molecule has 0 heterocycles. The Kier molecular flexibility index (Phi) is 6.32. The molecule has 0 saturated heterocycles. The zero-order valence-corrected chi connectivity index (χ0v) is 19.9. The molecule has 4 aliphatic rings. The van der Waals surface area contributed by atoms with Crippen molar-refractivity contribution in [1.82, 2.24) is 0 Å². The summed E-state index contributed by atoms with van der Waals surface area (Å²) in [7, 11) is 0. The van der Waals surface area contributed by atoms with E-state index in [1.165, 1.54) is 38.5 Å². The van der Waals surface area contributed by atoms with Crippen LogP contribution in [0.3, 0.4) is 0 Å². The first-order valence-electron chi connectivity index (χ1n) is 13.7. The van der Waals surface area contributed by atoms with Crippen LogP contribution in [0.5, 0.6) is 0 Å². The van der Waals surface area contributed by atoms with Gasteiger partial charge in [0.25, 0.3) is 0 Å². The second-order valence-corrected chi connectivity index (χ2v) is 12.1. The van der Waals surface area contributed by atoms with E-state index >= 15 is 0 Å². The van der Waals surface area contributed by atoms with Crippen molar-refractivity contribution in [1.29, 1.82) is 0 Å². The summed E-state index contributed by atoms with van der Waals surface area (Å²) < 4.78 is 0. The molecule has 166 valence electrons. The summed E-state index contributed by atoms with van der Waals surface area (Å²) in [6, 6.07) is 11.2. The normalized spacial score (nSPS) is 44.2. The molecule has 4 aliphatic carbocycles. The molecule has 10 unspecified atom stereocenters. The summed E-state index contributed by atoms with van der Waals surface area (Å²) in [6.07, 6.45) is 16.4. The van der Waals surface area contributed by atoms with Crippen LogP contribution < -0.4 is 0 Å². The predicted octanol–water partition coefficient (Wildman–Crippen LogP) is 8.41. The van der Waals surface area contributed by atoms with Crippen LogP contribution in [0.15, 0.2) is 30.3 Å². The van der Waals surface area contributed by atoms with Crippen molar-refractivity contribution < 1.29 is 0 Å². The third kappa shape index (κ3) is 3.80. The van der Waals surface area contributed by atoms with Gasteiger partial charge < -0.3 is 0 Å². The average Bonchev–Trinajstić information content (AvgIpc) is 3.50. The molecule has 10 atom stereocenters. The lowest BCUT2D eigenvalue weighted by Gasteiger charge is -2.45. The monoisotopic (exact) mass is 406 g/mol. The molecular formula is C30H46. The molecule has 4 bridgehead atoms. The Bertz CT molecular complexity index is 675. The first-order valence-corrected chi connectivity index (χ1v) is 13.7. The van der Waals surface area contributed by atoms with Gasteiger partial charge in [-0.15, -0.1) is 0 Å². The topological polar surface area (TPSA) is 0 Å². The molecule has 0 aromatic heterocycles. The molecule has 0 radical (unpaired) electrons. The van der Waals surface area contributed by atoms with Gasteiger partial charge >= 0.3 is 0 Å². The lowest BCUT2D eigenvalue weighted by atomic mass is 9.60. The van der Waals surface area contributed by atoms with Crippen molar-refractivity contribution in [3.05, 3.63) is 35.9 Å². The summed E-state index contributed by atoms with van der Waals surface area (Å²) in [5.74, 6) is 10.6. The van der Waals surface area contributed by atoms with Gasteiger partial charge in [0.2, 0.25) is 0 Å². The standard InChI is InChI=1S/C30H46/c1-4-5-6-10-13-23-16-25-18-28(23)30(20(25)2)29-21(3)27-19-26(29)17-24(27)15-14-22-11-8-7-9-12-22/h7-9,11-12,20-21,23-30H,4-6,10,13-19H2,1-3H3. The van der Waals surface area contributed by atoms with E-state index in [9.17, 15) is 0 Å². The van der Waals surface area contributed by atoms with E-state index in [4.69, 9.17) is 0 Å². The lowest BCUT2D eigenvalue weighted by Crippen LogP contribution is -2.39. The minimum absolute atomic E-state index is 0.997. The Hall–Kier alpha value is -0.780. The Morgan fingerprint density at radius 1 is 0.700 bits per heavy atom. The third-order valence-corrected chi connectivity index (χ3v) is 10.8. The van der Waals surface area contributed by atoms with Gasteiger partial charge in [0.15, 0.2) is 0 Å². The van der Waals surface area contributed by atoms with E-state index in [1.807, 2.05) is 0 Å². The highest BCUT2D eigenvalue weighted by molar-refractivity contribution is 5.15. The van der Waals surface area contributed by atoms with Crippen LogP contribution in [0.25, 0.3) is 0 Å². The molecule has 0 heteroatoms. The number of unbranched alkanes of at least 4 members (excludes halogenated alkanes) is 3. The second-order valence-electron chi connectivity index (χ2n) is 12.1.